The van der Waals surface area contributed by atoms with Gasteiger partial charge < -0.3 is 14.3 Å². The predicted octanol–water partition coefficient (Wildman–Crippen LogP) is 3.58. The van der Waals surface area contributed by atoms with Gasteiger partial charge in [0, 0.05) is 13.2 Å². The molecule has 1 aromatic carbocycles. The van der Waals surface area contributed by atoms with Crippen molar-refractivity contribution in [3.05, 3.63) is 28.5 Å². The molecule has 1 fully saturated rings. The normalized spacial score (nSPS) is 19.7. The summed E-state index contributed by atoms with van der Waals surface area (Å²) < 4.78 is 8.68. The van der Waals surface area contributed by atoms with E-state index in [1.807, 2.05) is 0 Å². The van der Waals surface area contributed by atoms with Crippen LogP contribution in [0.1, 0.15) is 24.8 Å². The molecular weight excluding hydrogens is 244 g/mol. The molecule has 3 rings (SSSR count). The van der Waals surface area contributed by atoms with Crippen molar-refractivity contribution in [2.75, 3.05) is 6.61 Å². The highest BCUT2D eigenvalue weighted by molar-refractivity contribution is 7.71. The Bertz CT molecular complexity index is 608. The molecule has 0 bridgehead atoms. The maximum absolute atomic E-state index is 5.67. The van der Waals surface area contributed by atoms with Crippen LogP contribution in [0.5, 0.6) is 0 Å². The first-order valence-corrected chi connectivity index (χ1v) is 6.96. The van der Waals surface area contributed by atoms with Gasteiger partial charge >= 0.3 is 0 Å². The highest BCUT2D eigenvalue weighted by Gasteiger charge is 2.16. The minimum atomic E-state index is 0.418. The van der Waals surface area contributed by atoms with Crippen LogP contribution in [0.2, 0.25) is 0 Å². The van der Waals surface area contributed by atoms with Gasteiger partial charge in [0.15, 0.2) is 4.77 Å². The summed E-state index contributed by atoms with van der Waals surface area (Å²) in [5.74, 6) is 0. The van der Waals surface area contributed by atoms with Gasteiger partial charge in [-0.3, -0.25) is 0 Å². The van der Waals surface area contributed by atoms with Gasteiger partial charge in [-0.1, -0.05) is 12.1 Å². The standard InChI is InChI=1S/C14H18N2OS/c1-10-4-2-6-12-13(10)15-14(18)16(12)8-7-11-5-3-9-17-11/h2,4,6,11H,3,5,7-9H2,1H3,(H,15,18). The van der Waals surface area contributed by atoms with E-state index in [4.69, 9.17) is 17.0 Å². The lowest BCUT2D eigenvalue weighted by atomic mass is 10.2. The van der Waals surface area contributed by atoms with Crippen LogP contribution in [-0.4, -0.2) is 22.3 Å². The number of nitrogens with zero attached hydrogens (tertiary/aromatic N) is 1. The van der Waals surface area contributed by atoms with Gasteiger partial charge in [0.2, 0.25) is 0 Å². The molecule has 1 saturated heterocycles. The van der Waals surface area contributed by atoms with Gasteiger partial charge in [-0.2, -0.15) is 0 Å². The van der Waals surface area contributed by atoms with Crippen molar-refractivity contribution in [1.82, 2.24) is 9.55 Å². The molecule has 1 unspecified atom stereocenters. The van der Waals surface area contributed by atoms with E-state index in [2.05, 4.69) is 34.7 Å². The maximum Gasteiger partial charge on any atom is 0.178 e. The first-order valence-electron chi connectivity index (χ1n) is 6.55. The number of aryl methyl sites for hydroxylation is 2. The van der Waals surface area contributed by atoms with Crippen molar-refractivity contribution in [2.24, 2.45) is 0 Å². The van der Waals surface area contributed by atoms with Gasteiger partial charge in [0.25, 0.3) is 0 Å². The molecule has 2 aromatic rings. The fourth-order valence-corrected chi connectivity index (χ4v) is 2.98. The van der Waals surface area contributed by atoms with Crippen molar-refractivity contribution in [2.45, 2.75) is 38.8 Å². The van der Waals surface area contributed by atoms with Gasteiger partial charge in [-0.05, 0) is 50.0 Å². The lowest BCUT2D eigenvalue weighted by Gasteiger charge is -2.10. The summed E-state index contributed by atoms with van der Waals surface area (Å²) in [6, 6.07) is 6.32. The summed E-state index contributed by atoms with van der Waals surface area (Å²) in [6.45, 7) is 3.97. The SMILES string of the molecule is Cc1cccc2c1[nH]c(=S)n2CCC1CCCO1. The molecule has 1 atom stereocenters. The van der Waals surface area contributed by atoms with E-state index in [9.17, 15) is 0 Å². The van der Waals surface area contributed by atoms with Crippen LogP contribution in [0.4, 0.5) is 0 Å². The quantitative estimate of drug-likeness (QED) is 0.857. The number of hydrogen-bond donors (Lipinski definition) is 1. The van der Waals surface area contributed by atoms with Gasteiger partial charge in [-0.15, -0.1) is 0 Å². The molecule has 0 spiro atoms. The summed E-state index contributed by atoms with van der Waals surface area (Å²) in [5, 5.41) is 0. The van der Waals surface area contributed by atoms with Gasteiger partial charge in [-0.25, -0.2) is 0 Å². The third kappa shape index (κ3) is 2.10. The van der Waals surface area contributed by atoms with E-state index in [-0.39, 0.29) is 0 Å². The van der Waals surface area contributed by atoms with Crippen LogP contribution < -0.4 is 0 Å². The summed E-state index contributed by atoms with van der Waals surface area (Å²) in [7, 11) is 0. The minimum Gasteiger partial charge on any atom is -0.378 e. The zero-order valence-corrected chi connectivity index (χ0v) is 11.4. The first-order chi connectivity index (χ1) is 8.75. The second-order valence-corrected chi connectivity index (χ2v) is 5.36. The number of aromatic amines is 1. The number of hydrogen-bond acceptors (Lipinski definition) is 2. The topological polar surface area (TPSA) is 29.9 Å². The molecule has 0 amide bonds. The number of para-hydroxylation sites is 1. The number of ether oxygens (including phenoxy) is 1. The molecule has 1 aromatic heterocycles. The Morgan fingerprint density at radius 3 is 3.17 bits per heavy atom. The Morgan fingerprint density at radius 2 is 2.39 bits per heavy atom. The van der Waals surface area contributed by atoms with Crippen molar-refractivity contribution >= 4 is 23.3 Å². The van der Waals surface area contributed by atoms with Crippen molar-refractivity contribution in [3.8, 4) is 0 Å². The van der Waals surface area contributed by atoms with Crippen LogP contribution in [0.15, 0.2) is 18.2 Å². The smallest absolute Gasteiger partial charge is 0.178 e. The van der Waals surface area contributed by atoms with Crippen molar-refractivity contribution in [3.63, 3.8) is 0 Å². The molecule has 96 valence electrons. The van der Waals surface area contributed by atoms with Crippen LogP contribution in [0.25, 0.3) is 11.0 Å². The number of rotatable bonds is 3. The third-order valence-corrected chi connectivity index (χ3v) is 4.04. The summed E-state index contributed by atoms with van der Waals surface area (Å²) in [6.07, 6.45) is 3.86. The average molecular weight is 262 g/mol. The maximum atomic E-state index is 5.67. The van der Waals surface area contributed by atoms with Gasteiger partial charge in [0.1, 0.15) is 0 Å². The first kappa shape index (κ1) is 11.9. The molecule has 1 N–H and O–H groups in total. The fraction of sp³-hybridized carbons (Fsp3) is 0.500. The van der Waals surface area contributed by atoms with Crippen molar-refractivity contribution < 1.29 is 4.74 Å². The number of benzene rings is 1. The fourth-order valence-electron chi connectivity index (χ4n) is 2.69. The molecule has 2 heterocycles. The molecule has 1 aliphatic heterocycles. The van der Waals surface area contributed by atoms with E-state index in [0.29, 0.717) is 6.10 Å². The van der Waals surface area contributed by atoms with E-state index < -0.39 is 0 Å². The van der Waals surface area contributed by atoms with Crippen LogP contribution in [0, 0.1) is 11.7 Å². The number of fused-ring (bicyclic) bond motifs is 1. The summed E-state index contributed by atoms with van der Waals surface area (Å²) >= 11 is 5.42. The third-order valence-electron chi connectivity index (χ3n) is 3.72. The number of H-pyrrole nitrogens is 1. The molecule has 1 aliphatic rings. The van der Waals surface area contributed by atoms with E-state index in [1.165, 1.54) is 23.9 Å². The Labute approximate surface area is 112 Å². The van der Waals surface area contributed by atoms with E-state index >= 15 is 0 Å². The largest absolute Gasteiger partial charge is 0.378 e. The number of imidazole rings is 1. The van der Waals surface area contributed by atoms with Gasteiger partial charge in [0.05, 0.1) is 17.1 Å². The molecule has 0 aliphatic carbocycles. The number of aromatic nitrogens is 2. The monoisotopic (exact) mass is 262 g/mol. The zero-order valence-electron chi connectivity index (χ0n) is 10.6. The summed E-state index contributed by atoms with van der Waals surface area (Å²) in [5.41, 5.74) is 3.61. The highest BCUT2D eigenvalue weighted by Crippen LogP contribution is 2.21. The minimum absolute atomic E-state index is 0.418. The Kier molecular flexibility index (Phi) is 3.22. The van der Waals surface area contributed by atoms with E-state index in [1.54, 1.807) is 0 Å². The number of nitrogens with one attached hydrogen (secondary N) is 1. The Balaban J connectivity index is 1.89. The Morgan fingerprint density at radius 1 is 1.50 bits per heavy atom. The second kappa shape index (κ2) is 4.86. The Hall–Kier alpha value is -1.13. The zero-order chi connectivity index (χ0) is 12.5. The lowest BCUT2D eigenvalue weighted by molar-refractivity contribution is 0.101. The van der Waals surface area contributed by atoms with E-state index in [0.717, 1.165) is 29.9 Å². The van der Waals surface area contributed by atoms with Crippen LogP contribution >= 0.6 is 12.2 Å². The highest BCUT2D eigenvalue weighted by atomic mass is 32.1. The lowest BCUT2D eigenvalue weighted by Crippen LogP contribution is -2.10. The molecule has 18 heavy (non-hydrogen) atoms. The average Bonchev–Trinajstić information content (AvgIpc) is 2.95. The predicted molar refractivity (Wildman–Crippen MR) is 75.5 cm³/mol. The molecule has 4 heteroatoms. The van der Waals surface area contributed by atoms with Crippen LogP contribution in [-0.2, 0) is 11.3 Å². The molecule has 0 saturated carbocycles. The molecular formula is C14H18N2OS. The summed E-state index contributed by atoms with van der Waals surface area (Å²) in [4.78, 5) is 3.31. The van der Waals surface area contributed by atoms with Crippen molar-refractivity contribution in [1.29, 1.82) is 0 Å². The molecule has 3 nitrogen and oxygen atoms in total. The van der Waals surface area contributed by atoms with Crippen LogP contribution in [0.3, 0.4) is 0 Å². The second-order valence-electron chi connectivity index (χ2n) is 4.97. The molecule has 0 radical (unpaired) electrons.